The first-order valence-corrected chi connectivity index (χ1v) is 6.87. The zero-order valence-corrected chi connectivity index (χ0v) is 11.6. The molecule has 0 atom stereocenters. The van der Waals surface area contributed by atoms with Gasteiger partial charge in [0.05, 0.1) is 6.61 Å². The van der Waals surface area contributed by atoms with Crippen LogP contribution >= 0.6 is 0 Å². The summed E-state index contributed by atoms with van der Waals surface area (Å²) in [6, 6.07) is 7.93. The van der Waals surface area contributed by atoms with Crippen LogP contribution in [0.25, 0.3) is 11.4 Å². The van der Waals surface area contributed by atoms with Gasteiger partial charge in [-0.3, -0.25) is 0 Å². The molecule has 0 radical (unpaired) electrons. The first-order chi connectivity index (χ1) is 9.33. The van der Waals surface area contributed by atoms with Gasteiger partial charge in [-0.1, -0.05) is 20.3 Å². The largest absolute Gasteiger partial charge is 0.494 e. The fourth-order valence-corrected chi connectivity index (χ4v) is 1.84. The van der Waals surface area contributed by atoms with Crippen LogP contribution < -0.4 is 4.74 Å². The third kappa shape index (κ3) is 3.78. The summed E-state index contributed by atoms with van der Waals surface area (Å²) in [6.45, 7) is 5.00. The minimum Gasteiger partial charge on any atom is -0.494 e. The number of nitrogens with zero attached hydrogens (tertiary/aromatic N) is 2. The summed E-state index contributed by atoms with van der Waals surface area (Å²) in [7, 11) is 0. The predicted molar refractivity (Wildman–Crippen MR) is 77.2 cm³/mol. The number of hydrogen-bond acceptors (Lipinski definition) is 3. The summed E-state index contributed by atoms with van der Waals surface area (Å²) in [6.07, 6.45) is 6.99. The van der Waals surface area contributed by atoms with Crippen LogP contribution in [0.15, 0.2) is 36.7 Å². The Morgan fingerprint density at radius 1 is 0.947 bits per heavy atom. The minimum absolute atomic E-state index is 0.752. The summed E-state index contributed by atoms with van der Waals surface area (Å²) in [5.41, 5.74) is 2.21. The third-order valence-electron chi connectivity index (χ3n) is 2.83. The molecule has 0 spiro atoms. The van der Waals surface area contributed by atoms with Gasteiger partial charge >= 0.3 is 0 Å². The van der Waals surface area contributed by atoms with Crippen molar-refractivity contribution >= 4 is 0 Å². The lowest BCUT2D eigenvalue weighted by Gasteiger charge is -2.05. The van der Waals surface area contributed by atoms with Crippen molar-refractivity contribution in [3.63, 3.8) is 0 Å². The van der Waals surface area contributed by atoms with Gasteiger partial charge in [-0.25, -0.2) is 9.97 Å². The molecular weight excluding hydrogens is 236 g/mol. The van der Waals surface area contributed by atoms with E-state index < -0.39 is 0 Å². The Bertz CT molecular complexity index is 491. The average molecular weight is 256 g/mol. The molecule has 0 fully saturated rings. The van der Waals surface area contributed by atoms with Gasteiger partial charge in [0.15, 0.2) is 5.82 Å². The van der Waals surface area contributed by atoms with Gasteiger partial charge in [-0.05, 0) is 42.7 Å². The molecule has 100 valence electrons. The van der Waals surface area contributed by atoms with Crippen LogP contribution in [-0.2, 0) is 6.42 Å². The van der Waals surface area contributed by atoms with Crippen LogP contribution in [0, 0.1) is 0 Å². The quantitative estimate of drug-likeness (QED) is 0.786. The van der Waals surface area contributed by atoms with Gasteiger partial charge in [-0.15, -0.1) is 0 Å². The fraction of sp³-hybridized carbons (Fsp3) is 0.375. The molecule has 0 bridgehead atoms. The second-order valence-corrected chi connectivity index (χ2v) is 4.54. The van der Waals surface area contributed by atoms with E-state index >= 15 is 0 Å². The van der Waals surface area contributed by atoms with Crippen LogP contribution in [0.4, 0.5) is 0 Å². The number of aromatic nitrogens is 2. The van der Waals surface area contributed by atoms with Gasteiger partial charge in [0.1, 0.15) is 5.75 Å². The zero-order valence-electron chi connectivity index (χ0n) is 11.6. The Morgan fingerprint density at radius 2 is 1.63 bits per heavy atom. The van der Waals surface area contributed by atoms with E-state index in [2.05, 4.69) is 23.8 Å². The highest BCUT2D eigenvalue weighted by Crippen LogP contribution is 2.19. The number of rotatable bonds is 6. The summed E-state index contributed by atoms with van der Waals surface area (Å²) in [4.78, 5) is 8.81. The minimum atomic E-state index is 0.752. The molecule has 0 aliphatic heterocycles. The van der Waals surface area contributed by atoms with Crippen molar-refractivity contribution < 1.29 is 4.74 Å². The Balaban J connectivity index is 2.08. The van der Waals surface area contributed by atoms with Crippen LogP contribution in [0.5, 0.6) is 5.75 Å². The second-order valence-electron chi connectivity index (χ2n) is 4.54. The van der Waals surface area contributed by atoms with Crippen molar-refractivity contribution in [2.75, 3.05) is 6.61 Å². The maximum Gasteiger partial charge on any atom is 0.159 e. The summed E-state index contributed by atoms with van der Waals surface area (Å²) >= 11 is 0. The first-order valence-electron chi connectivity index (χ1n) is 6.87. The Kier molecular flexibility index (Phi) is 4.90. The summed E-state index contributed by atoms with van der Waals surface area (Å²) in [5.74, 6) is 1.66. The van der Waals surface area contributed by atoms with E-state index in [1.165, 1.54) is 5.56 Å². The lowest BCUT2D eigenvalue weighted by molar-refractivity contribution is 0.317. The normalized spacial score (nSPS) is 10.4. The van der Waals surface area contributed by atoms with Crippen LogP contribution in [-0.4, -0.2) is 16.6 Å². The molecule has 0 aliphatic carbocycles. The van der Waals surface area contributed by atoms with E-state index in [0.717, 1.165) is 43.0 Å². The summed E-state index contributed by atoms with van der Waals surface area (Å²) in [5, 5.41) is 0. The van der Waals surface area contributed by atoms with Crippen molar-refractivity contribution in [1.82, 2.24) is 9.97 Å². The number of aryl methyl sites for hydroxylation is 1. The molecule has 1 heterocycles. The number of hydrogen-bond donors (Lipinski definition) is 0. The van der Waals surface area contributed by atoms with Gasteiger partial charge in [-0.2, -0.15) is 0 Å². The maximum atomic E-state index is 5.56. The van der Waals surface area contributed by atoms with Gasteiger partial charge < -0.3 is 4.74 Å². The molecule has 0 aliphatic rings. The molecule has 0 amide bonds. The molecule has 0 saturated heterocycles. The predicted octanol–water partition coefficient (Wildman–Crippen LogP) is 3.88. The highest BCUT2D eigenvalue weighted by Gasteiger charge is 2.02. The molecule has 0 unspecified atom stereocenters. The van der Waals surface area contributed by atoms with Crippen molar-refractivity contribution in [2.45, 2.75) is 33.1 Å². The molecule has 1 aromatic carbocycles. The monoisotopic (exact) mass is 256 g/mol. The van der Waals surface area contributed by atoms with Crippen molar-refractivity contribution in [1.29, 1.82) is 0 Å². The van der Waals surface area contributed by atoms with Crippen LogP contribution in [0.2, 0.25) is 0 Å². The van der Waals surface area contributed by atoms with Crippen molar-refractivity contribution in [3.8, 4) is 17.1 Å². The summed E-state index contributed by atoms with van der Waals surface area (Å²) < 4.78 is 5.56. The topological polar surface area (TPSA) is 35.0 Å². The van der Waals surface area contributed by atoms with E-state index in [-0.39, 0.29) is 0 Å². The van der Waals surface area contributed by atoms with Gasteiger partial charge in [0.25, 0.3) is 0 Å². The number of ether oxygens (including phenoxy) is 1. The van der Waals surface area contributed by atoms with Gasteiger partial charge in [0.2, 0.25) is 0 Å². The number of benzene rings is 1. The average Bonchev–Trinajstić information content (AvgIpc) is 2.47. The molecule has 3 heteroatoms. The molecule has 3 nitrogen and oxygen atoms in total. The third-order valence-corrected chi connectivity index (χ3v) is 2.83. The molecule has 2 rings (SSSR count). The molecule has 0 N–H and O–H groups in total. The SMILES string of the molecule is CCCOc1ccc(-c2ncc(CCC)cn2)cc1. The van der Waals surface area contributed by atoms with Crippen molar-refractivity contribution in [3.05, 3.63) is 42.2 Å². The van der Waals surface area contributed by atoms with Gasteiger partial charge in [0, 0.05) is 18.0 Å². The highest BCUT2D eigenvalue weighted by molar-refractivity contribution is 5.55. The standard InChI is InChI=1S/C16H20N2O/c1-3-5-13-11-17-16(18-12-13)14-6-8-15(9-7-14)19-10-4-2/h6-9,11-12H,3-5,10H2,1-2H3. The molecule has 1 aromatic heterocycles. The molecular formula is C16H20N2O. The fourth-order valence-electron chi connectivity index (χ4n) is 1.84. The van der Waals surface area contributed by atoms with E-state index in [1.807, 2.05) is 36.7 Å². The van der Waals surface area contributed by atoms with E-state index in [9.17, 15) is 0 Å². The van der Waals surface area contributed by atoms with E-state index in [1.54, 1.807) is 0 Å². The molecule has 0 saturated carbocycles. The second kappa shape index (κ2) is 6.88. The smallest absolute Gasteiger partial charge is 0.159 e. The van der Waals surface area contributed by atoms with E-state index in [0.29, 0.717) is 0 Å². The maximum absolute atomic E-state index is 5.56. The van der Waals surface area contributed by atoms with Crippen LogP contribution in [0.1, 0.15) is 32.3 Å². The molecule has 2 aromatic rings. The Labute approximate surface area is 114 Å². The lowest BCUT2D eigenvalue weighted by atomic mass is 10.2. The zero-order chi connectivity index (χ0) is 13.5. The first kappa shape index (κ1) is 13.5. The Morgan fingerprint density at radius 3 is 2.21 bits per heavy atom. The van der Waals surface area contributed by atoms with Crippen LogP contribution in [0.3, 0.4) is 0 Å². The highest BCUT2D eigenvalue weighted by atomic mass is 16.5. The van der Waals surface area contributed by atoms with E-state index in [4.69, 9.17) is 4.74 Å². The Hall–Kier alpha value is -1.90. The molecule has 19 heavy (non-hydrogen) atoms. The van der Waals surface area contributed by atoms with Crippen molar-refractivity contribution in [2.24, 2.45) is 0 Å². The lowest BCUT2D eigenvalue weighted by Crippen LogP contribution is -1.95.